The largest absolute Gasteiger partial charge is 0.493 e. The number of hydrogen-bond acceptors (Lipinski definition) is 5. The topological polar surface area (TPSA) is 85.7 Å². The number of nitrogens with one attached hydrogen (secondary N) is 1. The number of rotatable bonds is 15. The van der Waals surface area contributed by atoms with Gasteiger partial charge in [-0.25, -0.2) is 4.98 Å². The Hall–Kier alpha value is -3.55. The summed E-state index contributed by atoms with van der Waals surface area (Å²) in [6, 6.07) is 13.5. The van der Waals surface area contributed by atoms with E-state index < -0.39 is 0 Å². The summed E-state index contributed by atoms with van der Waals surface area (Å²) in [7, 11) is 5.05. The Balaban J connectivity index is 1.47. The minimum absolute atomic E-state index is 0.0142. The predicted octanol–water partition coefficient (Wildman–Crippen LogP) is 4.38. The third-order valence-electron chi connectivity index (χ3n) is 6.51. The van der Waals surface area contributed by atoms with E-state index in [4.69, 9.17) is 14.5 Å². The molecule has 1 heterocycles. The number of ether oxygens (including phenoxy) is 2. The zero-order valence-corrected chi connectivity index (χ0v) is 22.6. The standard InChI is InChI=1S/C29H40N4O4/c1-5-6-18-32(2)29(35)21-33-24-13-10-9-12-23(24)31-27(33)14-8-7-11-17-30-28(34)20-22-15-16-25(36-3)26(19-22)37-4/h9-10,12-13,15-16,19H,5-8,11,14,17-18,20-21H2,1-4H3,(H,30,34). The van der Waals surface area contributed by atoms with E-state index in [-0.39, 0.29) is 11.8 Å². The number of methoxy groups -OCH3 is 2. The van der Waals surface area contributed by atoms with Crippen molar-refractivity contribution in [3.63, 3.8) is 0 Å². The molecule has 3 rings (SSSR count). The number of amides is 2. The van der Waals surface area contributed by atoms with Gasteiger partial charge in [0.1, 0.15) is 12.4 Å². The van der Waals surface area contributed by atoms with Gasteiger partial charge in [-0.15, -0.1) is 0 Å². The van der Waals surface area contributed by atoms with Crippen LogP contribution >= 0.6 is 0 Å². The van der Waals surface area contributed by atoms with Crippen LogP contribution in [-0.4, -0.2) is 60.6 Å². The maximum Gasteiger partial charge on any atom is 0.242 e. The number of fused-ring (bicyclic) bond motifs is 1. The van der Waals surface area contributed by atoms with E-state index in [1.807, 2.05) is 54.4 Å². The first kappa shape index (κ1) is 28.0. The molecule has 0 aliphatic heterocycles. The highest BCUT2D eigenvalue weighted by Gasteiger charge is 2.16. The molecule has 0 saturated carbocycles. The van der Waals surface area contributed by atoms with Crippen molar-refractivity contribution >= 4 is 22.8 Å². The fraction of sp³-hybridized carbons (Fsp3) is 0.483. The van der Waals surface area contributed by atoms with Gasteiger partial charge in [0.25, 0.3) is 0 Å². The fourth-order valence-electron chi connectivity index (χ4n) is 4.32. The summed E-state index contributed by atoms with van der Waals surface area (Å²) in [6.45, 7) is 3.84. The number of carbonyl (C=O) groups excluding carboxylic acids is 2. The Morgan fingerprint density at radius 1 is 1.00 bits per heavy atom. The maximum absolute atomic E-state index is 12.8. The van der Waals surface area contributed by atoms with E-state index >= 15 is 0 Å². The molecule has 2 amide bonds. The minimum atomic E-state index is -0.0142. The van der Waals surface area contributed by atoms with Gasteiger partial charge < -0.3 is 24.3 Å². The Kier molecular flexibility index (Phi) is 10.8. The van der Waals surface area contributed by atoms with Gasteiger partial charge in [0.15, 0.2) is 11.5 Å². The van der Waals surface area contributed by atoms with Crippen molar-refractivity contribution in [3.05, 3.63) is 53.9 Å². The van der Waals surface area contributed by atoms with E-state index in [9.17, 15) is 9.59 Å². The molecular formula is C29H40N4O4. The van der Waals surface area contributed by atoms with Gasteiger partial charge in [-0.2, -0.15) is 0 Å². The van der Waals surface area contributed by atoms with Gasteiger partial charge in [-0.1, -0.05) is 38.0 Å². The van der Waals surface area contributed by atoms with E-state index in [0.29, 0.717) is 31.0 Å². The molecule has 1 N–H and O–H groups in total. The molecule has 0 spiro atoms. The highest BCUT2D eigenvalue weighted by molar-refractivity contribution is 5.81. The Morgan fingerprint density at radius 3 is 2.54 bits per heavy atom. The molecule has 0 atom stereocenters. The SMILES string of the molecule is CCCCN(C)C(=O)Cn1c(CCCCCNC(=O)Cc2ccc(OC)c(OC)c2)nc2ccccc21. The maximum atomic E-state index is 12.8. The van der Waals surface area contributed by atoms with Crippen LogP contribution in [0.2, 0.25) is 0 Å². The van der Waals surface area contributed by atoms with Crippen LogP contribution in [0.5, 0.6) is 11.5 Å². The lowest BCUT2D eigenvalue weighted by atomic mass is 10.1. The number of benzene rings is 2. The molecule has 1 aromatic heterocycles. The molecule has 0 fully saturated rings. The summed E-state index contributed by atoms with van der Waals surface area (Å²) in [5.41, 5.74) is 2.80. The molecule has 0 unspecified atom stereocenters. The summed E-state index contributed by atoms with van der Waals surface area (Å²) in [4.78, 5) is 31.8. The molecule has 8 heteroatoms. The quantitative estimate of drug-likeness (QED) is 0.308. The van der Waals surface area contributed by atoms with Crippen LogP contribution in [0, 0.1) is 0 Å². The second-order valence-corrected chi connectivity index (χ2v) is 9.30. The summed E-state index contributed by atoms with van der Waals surface area (Å²) in [5.74, 6) is 2.30. The normalized spacial score (nSPS) is 10.9. The van der Waals surface area contributed by atoms with Crippen LogP contribution in [0.4, 0.5) is 0 Å². The van der Waals surface area contributed by atoms with Gasteiger partial charge >= 0.3 is 0 Å². The lowest BCUT2D eigenvalue weighted by molar-refractivity contribution is -0.130. The first-order chi connectivity index (χ1) is 18.0. The average molecular weight is 509 g/mol. The van der Waals surface area contributed by atoms with Crippen LogP contribution in [0.15, 0.2) is 42.5 Å². The molecular weight excluding hydrogens is 468 g/mol. The molecule has 2 aromatic carbocycles. The second kappa shape index (κ2) is 14.3. The smallest absolute Gasteiger partial charge is 0.242 e. The summed E-state index contributed by atoms with van der Waals surface area (Å²) in [5, 5.41) is 3.00. The van der Waals surface area contributed by atoms with Crippen molar-refractivity contribution in [2.45, 2.75) is 58.4 Å². The van der Waals surface area contributed by atoms with E-state index in [1.165, 1.54) is 0 Å². The number of carbonyl (C=O) groups is 2. The van der Waals surface area contributed by atoms with Crippen molar-refractivity contribution in [3.8, 4) is 11.5 Å². The van der Waals surface area contributed by atoms with E-state index in [1.54, 1.807) is 14.2 Å². The number of aryl methyl sites for hydroxylation is 1. The van der Waals surface area contributed by atoms with Gasteiger partial charge in [0, 0.05) is 26.6 Å². The highest BCUT2D eigenvalue weighted by atomic mass is 16.5. The Labute approximate surface area is 220 Å². The molecule has 37 heavy (non-hydrogen) atoms. The Bertz CT molecular complexity index is 1170. The van der Waals surface area contributed by atoms with Crippen LogP contribution in [0.3, 0.4) is 0 Å². The number of imidazole rings is 1. The molecule has 0 bridgehead atoms. The number of likely N-dealkylation sites (N-methyl/N-ethyl adjacent to an activating group) is 1. The summed E-state index contributed by atoms with van der Waals surface area (Å²) in [6.07, 6.45) is 5.94. The summed E-state index contributed by atoms with van der Waals surface area (Å²) < 4.78 is 12.6. The molecule has 0 saturated heterocycles. The number of nitrogens with zero attached hydrogens (tertiary/aromatic N) is 3. The molecule has 3 aromatic rings. The lowest BCUT2D eigenvalue weighted by Gasteiger charge is -2.18. The number of aromatic nitrogens is 2. The molecule has 0 radical (unpaired) electrons. The fourth-order valence-corrected chi connectivity index (χ4v) is 4.32. The zero-order valence-electron chi connectivity index (χ0n) is 22.6. The van der Waals surface area contributed by atoms with E-state index in [2.05, 4.69) is 16.8 Å². The third kappa shape index (κ3) is 7.97. The first-order valence-corrected chi connectivity index (χ1v) is 13.1. The number of hydrogen-bond donors (Lipinski definition) is 1. The average Bonchev–Trinajstić information content (AvgIpc) is 3.25. The predicted molar refractivity (Wildman–Crippen MR) is 146 cm³/mol. The van der Waals surface area contributed by atoms with Crippen LogP contribution in [-0.2, 0) is 29.0 Å². The highest BCUT2D eigenvalue weighted by Crippen LogP contribution is 2.27. The van der Waals surface area contributed by atoms with Gasteiger partial charge in [-0.3, -0.25) is 9.59 Å². The monoisotopic (exact) mass is 508 g/mol. The molecule has 0 aliphatic carbocycles. The van der Waals surface area contributed by atoms with Crippen LogP contribution < -0.4 is 14.8 Å². The first-order valence-electron chi connectivity index (χ1n) is 13.1. The van der Waals surface area contributed by atoms with Crippen molar-refractivity contribution in [1.29, 1.82) is 0 Å². The van der Waals surface area contributed by atoms with E-state index in [0.717, 1.165) is 67.5 Å². The van der Waals surface area contributed by atoms with Gasteiger partial charge in [0.05, 0.1) is 31.7 Å². The minimum Gasteiger partial charge on any atom is -0.493 e. The second-order valence-electron chi connectivity index (χ2n) is 9.30. The molecule has 8 nitrogen and oxygen atoms in total. The number of para-hydroxylation sites is 2. The number of unbranched alkanes of at least 4 members (excludes halogenated alkanes) is 3. The van der Waals surface area contributed by atoms with Crippen molar-refractivity contribution in [2.75, 3.05) is 34.4 Å². The lowest BCUT2D eigenvalue weighted by Crippen LogP contribution is -2.31. The van der Waals surface area contributed by atoms with Crippen molar-refractivity contribution in [1.82, 2.24) is 19.8 Å². The van der Waals surface area contributed by atoms with Crippen molar-refractivity contribution in [2.24, 2.45) is 0 Å². The van der Waals surface area contributed by atoms with Crippen LogP contribution in [0.25, 0.3) is 11.0 Å². The summed E-state index contributed by atoms with van der Waals surface area (Å²) >= 11 is 0. The zero-order chi connectivity index (χ0) is 26.6. The molecule has 200 valence electrons. The van der Waals surface area contributed by atoms with Gasteiger partial charge in [-0.05, 0) is 49.1 Å². The van der Waals surface area contributed by atoms with Crippen molar-refractivity contribution < 1.29 is 19.1 Å². The van der Waals surface area contributed by atoms with Crippen LogP contribution in [0.1, 0.15) is 50.4 Å². The van der Waals surface area contributed by atoms with Gasteiger partial charge in [0.2, 0.25) is 11.8 Å². The third-order valence-corrected chi connectivity index (χ3v) is 6.51. The molecule has 0 aliphatic rings. The Morgan fingerprint density at radius 2 is 1.78 bits per heavy atom.